The summed E-state index contributed by atoms with van der Waals surface area (Å²) in [5, 5.41) is 9.30. The van der Waals surface area contributed by atoms with Crippen molar-refractivity contribution in [2.45, 2.75) is 19.5 Å². The van der Waals surface area contributed by atoms with Crippen molar-refractivity contribution in [1.82, 2.24) is 10.2 Å². The maximum absolute atomic E-state index is 12.0. The number of hydrogen-bond acceptors (Lipinski definition) is 3. The summed E-state index contributed by atoms with van der Waals surface area (Å²) in [6, 6.07) is 2.18. The lowest BCUT2D eigenvalue weighted by molar-refractivity contribution is -0.141. The third kappa shape index (κ3) is 2.86. The van der Waals surface area contributed by atoms with Crippen LogP contribution in [0.25, 0.3) is 0 Å². The number of alkyl halides is 3. The molecule has 0 aliphatic carbocycles. The lowest BCUT2D eigenvalue weighted by Crippen LogP contribution is -2.10. The highest BCUT2D eigenvalue weighted by Crippen LogP contribution is 2.26. The molecule has 6 heteroatoms. The third-order valence-corrected chi connectivity index (χ3v) is 1.51. The van der Waals surface area contributed by atoms with Crippen LogP contribution in [0.15, 0.2) is 12.1 Å². The van der Waals surface area contributed by atoms with Gasteiger partial charge in [0.1, 0.15) is 5.82 Å². The van der Waals surface area contributed by atoms with Gasteiger partial charge < -0.3 is 5.32 Å². The van der Waals surface area contributed by atoms with Crippen molar-refractivity contribution in [2.24, 2.45) is 0 Å². The largest absolute Gasteiger partial charge is 0.435 e. The van der Waals surface area contributed by atoms with Crippen LogP contribution >= 0.6 is 0 Å². The van der Waals surface area contributed by atoms with E-state index in [-0.39, 0.29) is 0 Å². The van der Waals surface area contributed by atoms with Crippen LogP contribution in [0, 0.1) is 0 Å². The molecule has 14 heavy (non-hydrogen) atoms. The predicted molar refractivity (Wildman–Crippen MR) is 45.8 cm³/mol. The van der Waals surface area contributed by atoms with E-state index in [1.807, 2.05) is 6.92 Å². The van der Waals surface area contributed by atoms with Crippen molar-refractivity contribution in [1.29, 1.82) is 0 Å². The molecule has 1 rings (SSSR count). The first-order chi connectivity index (χ1) is 6.54. The van der Waals surface area contributed by atoms with Crippen LogP contribution in [-0.4, -0.2) is 16.7 Å². The molecule has 0 radical (unpaired) electrons. The Morgan fingerprint density at radius 1 is 1.29 bits per heavy atom. The van der Waals surface area contributed by atoms with Gasteiger partial charge in [-0.25, -0.2) is 0 Å². The molecule has 1 heterocycles. The Hall–Kier alpha value is -1.33. The number of hydrogen-bond donors (Lipinski definition) is 1. The monoisotopic (exact) mass is 205 g/mol. The first kappa shape index (κ1) is 10.7. The Morgan fingerprint density at radius 3 is 2.43 bits per heavy atom. The van der Waals surface area contributed by atoms with Gasteiger partial charge in [-0.3, -0.25) is 0 Å². The second kappa shape index (κ2) is 4.26. The van der Waals surface area contributed by atoms with E-state index in [1.165, 1.54) is 6.07 Å². The van der Waals surface area contributed by atoms with Crippen molar-refractivity contribution in [3.8, 4) is 0 Å². The number of nitrogens with zero attached hydrogens (tertiary/aromatic N) is 2. The predicted octanol–water partition coefficient (Wildman–Crippen LogP) is 2.32. The van der Waals surface area contributed by atoms with Gasteiger partial charge in [-0.15, -0.1) is 10.2 Å². The summed E-state index contributed by atoms with van der Waals surface area (Å²) in [6.07, 6.45) is -3.54. The first-order valence-corrected chi connectivity index (χ1v) is 4.19. The molecule has 0 saturated carbocycles. The summed E-state index contributed by atoms with van der Waals surface area (Å²) in [7, 11) is 0. The van der Waals surface area contributed by atoms with E-state index in [1.54, 1.807) is 0 Å². The standard InChI is InChI=1S/C8H10F3N3/c1-2-5-12-7-4-3-6(13-14-7)8(9,10)11/h3-4H,2,5H2,1H3,(H,12,14). The zero-order valence-corrected chi connectivity index (χ0v) is 7.60. The Morgan fingerprint density at radius 2 is 2.00 bits per heavy atom. The zero-order chi connectivity index (χ0) is 10.6. The van der Waals surface area contributed by atoms with Crippen LogP contribution in [0.3, 0.4) is 0 Å². The molecule has 0 aliphatic heterocycles. The average Bonchev–Trinajstić information content (AvgIpc) is 2.14. The summed E-state index contributed by atoms with van der Waals surface area (Å²) in [6.45, 7) is 2.62. The number of nitrogens with one attached hydrogen (secondary N) is 1. The summed E-state index contributed by atoms with van der Waals surface area (Å²) in [5.74, 6) is 0.361. The molecule has 0 atom stereocenters. The third-order valence-electron chi connectivity index (χ3n) is 1.51. The molecule has 1 aromatic rings. The molecule has 78 valence electrons. The van der Waals surface area contributed by atoms with E-state index in [0.717, 1.165) is 12.5 Å². The lowest BCUT2D eigenvalue weighted by atomic mass is 10.3. The normalized spacial score (nSPS) is 11.4. The Labute approximate surface area is 79.3 Å². The molecule has 0 saturated heterocycles. The second-order valence-corrected chi connectivity index (χ2v) is 2.73. The fourth-order valence-electron chi connectivity index (χ4n) is 0.831. The van der Waals surface area contributed by atoms with E-state index in [2.05, 4.69) is 15.5 Å². The minimum absolute atomic E-state index is 0.361. The SMILES string of the molecule is CCCNc1ccc(C(F)(F)F)nn1. The van der Waals surface area contributed by atoms with Crippen molar-refractivity contribution in [3.05, 3.63) is 17.8 Å². The van der Waals surface area contributed by atoms with Gasteiger partial charge in [0, 0.05) is 6.54 Å². The molecular weight excluding hydrogens is 195 g/mol. The van der Waals surface area contributed by atoms with Crippen molar-refractivity contribution >= 4 is 5.82 Å². The molecule has 0 fully saturated rings. The van der Waals surface area contributed by atoms with Crippen molar-refractivity contribution in [3.63, 3.8) is 0 Å². The maximum Gasteiger partial charge on any atom is 0.435 e. The minimum atomic E-state index is -4.42. The van der Waals surface area contributed by atoms with Gasteiger partial charge in [-0.1, -0.05) is 6.92 Å². The van der Waals surface area contributed by atoms with Crippen LogP contribution in [0.4, 0.5) is 19.0 Å². The molecule has 1 N–H and O–H groups in total. The highest BCUT2D eigenvalue weighted by Gasteiger charge is 2.32. The zero-order valence-electron chi connectivity index (χ0n) is 7.60. The van der Waals surface area contributed by atoms with Gasteiger partial charge in [-0.05, 0) is 18.6 Å². The van der Waals surface area contributed by atoms with E-state index in [0.29, 0.717) is 12.4 Å². The lowest BCUT2D eigenvalue weighted by Gasteiger charge is -2.06. The minimum Gasteiger partial charge on any atom is -0.369 e. The summed E-state index contributed by atoms with van der Waals surface area (Å²) in [4.78, 5) is 0. The Kier molecular flexibility index (Phi) is 3.27. The molecule has 0 unspecified atom stereocenters. The fraction of sp³-hybridized carbons (Fsp3) is 0.500. The van der Waals surface area contributed by atoms with Crippen LogP contribution in [0.1, 0.15) is 19.0 Å². The summed E-state index contributed by atoms with van der Waals surface area (Å²) >= 11 is 0. The van der Waals surface area contributed by atoms with Crippen molar-refractivity contribution in [2.75, 3.05) is 11.9 Å². The van der Waals surface area contributed by atoms with Gasteiger partial charge in [0.2, 0.25) is 0 Å². The summed E-state index contributed by atoms with van der Waals surface area (Å²) in [5.41, 5.74) is -0.973. The highest BCUT2D eigenvalue weighted by molar-refractivity contribution is 5.32. The second-order valence-electron chi connectivity index (χ2n) is 2.73. The Bertz CT molecular complexity index is 281. The topological polar surface area (TPSA) is 37.8 Å². The van der Waals surface area contributed by atoms with Gasteiger partial charge in [-0.2, -0.15) is 13.2 Å². The van der Waals surface area contributed by atoms with Crippen LogP contribution in [0.2, 0.25) is 0 Å². The molecule has 0 amide bonds. The molecule has 3 nitrogen and oxygen atoms in total. The number of aromatic nitrogens is 2. The number of anilines is 1. The van der Waals surface area contributed by atoms with Gasteiger partial charge in [0.25, 0.3) is 0 Å². The van der Waals surface area contributed by atoms with E-state index in [4.69, 9.17) is 0 Å². The molecule has 0 bridgehead atoms. The smallest absolute Gasteiger partial charge is 0.369 e. The highest BCUT2D eigenvalue weighted by atomic mass is 19.4. The van der Waals surface area contributed by atoms with Gasteiger partial charge in [0.05, 0.1) is 0 Å². The number of rotatable bonds is 3. The maximum atomic E-state index is 12.0. The average molecular weight is 205 g/mol. The van der Waals surface area contributed by atoms with E-state index in [9.17, 15) is 13.2 Å². The quantitative estimate of drug-likeness (QED) is 0.822. The van der Waals surface area contributed by atoms with Gasteiger partial charge in [0.15, 0.2) is 5.69 Å². The number of halogens is 3. The van der Waals surface area contributed by atoms with Gasteiger partial charge >= 0.3 is 6.18 Å². The molecular formula is C8H10F3N3. The molecule has 0 spiro atoms. The van der Waals surface area contributed by atoms with E-state index < -0.39 is 11.9 Å². The Balaban J connectivity index is 2.69. The fourth-order valence-corrected chi connectivity index (χ4v) is 0.831. The molecule has 0 aromatic carbocycles. The van der Waals surface area contributed by atoms with E-state index >= 15 is 0 Å². The van der Waals surface area contributed by atoms with Crippen molar-refractivity contribution < 1.29 is 13.2 Å². The first-order valence-electron chi connectivity index (χ1n) is 4.19. The molecule has 1 aromatic heterocycles. The van der Waals surface area contributed by atoms with Crippen LogP contribution < -0.4 is 5.32 Å². The molecule has 0 aliphatic rings. The van der Waals surface area contributed by atoms with Crippen LogP contribution in [0.5, 0.6) is 0 Å². The van der Waals surface area contributed by atoms with Crippen LogP contribution in [-0.2, 0) is 6.18 Å². The summed E-state index contributed by atoms with van der Waals surface area (Å²) < 4.78 is 36.1.